The minimum absolute atomic E-state index is 0.0245. The summed E-state index contributed by atoms with van der Waals surface area (Å²) in [7, 11) is 0. The molecule has 4 heteroatoms. The fraction of sp³-hybridized carbons (Fsp3) is 0.517. The fourth-order valence-electron chi connectivity index (χ4n) is 8.45. The van der Waals surface area contributed by atoms with Crippen molar-refractivity contribution in [2.45, 2.75) is 83.0 Å². The van der Waals surface area contributed by atoms with Crippen molar-refractivity contribution in [3.05, 3.63) is 58.7 Å². The second-order valence-electron chi connectivity index (χ2n) is 11.2. The highest BCUT2D eigenvalue weighted by molar-refractivity contribution is 5.50. The van der Waals surface area contributed by atoms with Gasteiger partial charge in [-0.1, -0.05) is 37.6 Å². The normalized spacial score (nSPS) is 31.6. The van der Waals surface area contributed by atoms with Gasteiger partial charge in [-0.05, 0) is 93.4 Å². The molecule has 4 fully saturated rings. The SMILES string of the molecule is CCCC12CC3CC(c4ccc(C)cc4OC#N)(C1)CC(c1ccc(C)cc1OC#N)(C3)C2. The summed E-state index contributed by atoms with van der Waals surface area (Å²) in [5.41, 5.74) is 4.83. The number of nitriles is 2. The van der Waals surface area contributed by atoms with Crippen LogP contribution in [0.25, 0.3) is 0 Å². The van der Waals surface area contributed by atoms with E-state index in [9.17, 15) is 10.5 Å². The molecule has 0 N–H and O–H groups in total. The van der Waals surface area contributed by atoms with Gasteiger partial charge in [-0.2, -0.15) is 0 Å². The van der Waals surface area contributed by atoms with Crippen molar-refractivity contribution in [2.24, 2.45) is 11.3 Å². The van der Waals surface area contributed by atoms with E-state index < -0.39 is 0 Å². The standard InChI is InChI=1S/C29H32N2O2/c1-4-9-27-12-22-13-28(15-27,23-7-5-20(2)10-25(23)32-18-30)17-29(14-22,16-27)24-8-6-21(3)11-26(24)33-19-31/h5-8,10-11,22H,4,9,12-17H2,1-3H3. The molecule has 2 aromatic rings. The summed E-state index contributed by atoms with van der Waals surface area (Å²) >= 11 is 0. The minimum atomic E-state index is -0.0245. The average molecular weight is 441 g/mol. The molecule has 0 heterocycles. The van der Waals surface area contributed by atoms with E-state index in [-0.39, 0.29) is 16.2 Å². The zero-order valence-electron chi connectivity index (χ0n) is 19.9. The minimum Gasteiger partial charge on any atom is -0.388 e. The Labute approximate surface area is 197 Å². The van der Waals surface area contributed by atoms with E-state index in [4.69, 9.17) is 9.47 Å². The van der Waals surface area contributed by atoms with Gasteiger partial charge in [0.1, 0.15) is 11.5 Å². The molecule has 2 atom stereocenters. The van der Waals surface area contributed by atoms with Gasteiger partial charge in [-0.15, -0.1) is 10.5 Å². The third-order valence-electron chi connectivity index (χ3n) is 8.69. The van der Waals surface area contributed by atoms with Crippen molar-refractivity contribution < 1.29 is 9.47 Å². The van der Waals surface area contributed by atoms with Gasteiger partial charge in [0.25, 0.3) is 12.5 Å². The van der Waals surface area contributed by atoms with Gasteiger partial charge in [0.15, 0.2) is 0 Å². The zero-order valence-corrected chi connectivity index (χ0v) is 19.9. The van der Waals surface area contributed by atoms with E-state index in [1.54, 1.807) is 0 Å². The molecule has 6 rings (SSSR count). The lowest BCUT2D eigenvalue weighted by atomic mass is 9.37. The van der Waals surface area contributed by atoms with Gasteiger partial charge in [-0.25, -0.2) is 0 Å². The van der Waals surface area contributed by atoms with Gasteiger partial charge >= 0.3 is 0 Å². The summed E-state index contributed by atoms with van der Waals surface area (Å²) in [6, 6.07) is 12.8. The molecule has 4 aliphatic rings. The van der Waals surface area contributed by atoms with Crippen LogP contribution in [0, 0.1) is 48.2 Å². The molecule has 4 nitrogen and oxygen atoms in total. The lowest BCUT2D eigenvalue weighted by Crippen LogP contribution is -2.60. The third-order valence-corrected chi connectivity index (χ3v) is 8.69. The van der Waals surface area contributed by atoms with Gasteiger partial charge < -0.3 is 9.47 Å². The molecule has 33 heavy (non-hydrogen) atoms. The van der Waals surface area contributed by atoms with Gasteiger partial charge in [0.05, 0.1) is 0 Å². The fourth-order valence-corrected chi connectivity index (χ4v) is 8.45. The van der Waals surface area contributed by atoms with E-state index in [2.05, 4.69) is 31.2 Å². The molecular weight excluding hydrogens is 408 g/mol. The largest absolute Gasteiger partial charge is 0.388 e. The maximum absolute atomic E-state index is 9.38. The molecule has 2 unspecified atom stereocenters. The quantitative estimate of drug-likeness (QED) is 0.454. The van der Waals surface area contributed by atoms with E-state index in [1.165, 1.54) is 30.4 Å². The number of hydrogen-bond acceptors (Lipinski definition) is 4. The van der Waals surface area contributed by atoms with Crippen LogP contribution in [-0.4, -0.2) is 0 Å². The number of nitrogens with zero attached hydrogens (tertiary/aromatic N) is 2. The van der Waals surface area contributed by atoms with Crippen molar-refractivity contribution >= 4 is 0 Å². The predicted octanol–water partition coefficient (Wildman–Crippen LogP) is 6.98. The summed E-state index contributed by atoms with van der Waals surface area (Å²) in [4.78, 5) is 0. The smallest absolute Gasteiger partial charge is 0.292 e. The Hall–Kier alpha value is -2.98. The Morgan fingerprint density at radius 3 is 1.79 bits per heavy atom. The molecule has 0 aromatic heterocycles. The first-order valence-electron chi connectivity index (χ1n) is 12.2. The molecule has 0 amide bonds. The first-order valence-corrected chi connectivity index (χ1v) is 12.2. The van der Waals surface area contributed by atoms with Gasteiger partial charge in [-0.3, -0.25) is 0 Å². The van der Waals surface area contributed by atoms with E-state index in [1.807, 2.05) is 38.5 Å². The summed E-state index contributed by atoms with van der Waals surface area (Å²) in [6.45, 7) is 6.39. The van der Waals surface area contributed by atoms with Crippen LogP contribution in [0.15, 0.2) is 36.4 Å². The van der Waals surface area contributed by atoms with Crippen molar-refractivity contribution in [3.8, 4) is 24.0 Å². The second-order valence-corrected chi connectivity index (χ2v) is 11.2. The molecule has 4 bridgehead atoms. The predicted molar refractivity (Wildman–Crippen MR) is 127 cm³/mol. The van der Waals surface area contributed by atoms with Gasteiger partial charge in [0, 0.05) is 22.0 Å². The number of ether oxygens (including phenoxy) is 2. The number of aryl methyl sites for hydroxylation is 2. The maximum atomic E-state index is 9.38. The summed E-state index contributed by atoms with van der Waals surface area (Å²) in [6.07, 6.45) is 13.1. The third kappa shape index (κ3) is 3.48. The van der Waals surface area contributed by atoms with E-state index in [0.717, 1.165) is 54.7 Å². The number of rotatable bonds is 6. The molecular formula is C29H32N2O2. The van der Waals surface area contributed by atoms with E-state index in [0.29, 0.717) is 5.92 Å². The second kappa shape index (κ2) is 7.81. The lowest BCUT2D eigenvalue weighted by molar-refractivity contribution is -0.0951. The van der Waals surface area contributed by atoms with Crippen molar-refractivity contribution in [2.75, 3.05) is 0 Å². The molecule has 4 aliphatic carbocycles. The van der Waals surface area contributed by atoms with Crippen molar-refractivity contribution in [1.29, 1.82) is 10.5 Å². The Balaban J connectivity index is 1.70. The first-order chi connectivity index (χ1) is 15.9. The van der Waals surface area contributed by atoms with Crippen LogP contribution >= 0.6 is 0 Å². The van der Waals surface area contributed by atoms with Gasteiger partial charge in [0.2, 0.25) is 0 Å². The summed E-state index contributed by atoms with van der Waals surface area (Å²) < 4.78 is 11.1. The Morgan fingerprint density at radius 1 is 0.818 bits per heavy atom. The number of benzene rings is 2. The molecule has 170 valence electrons. The molecule has 0 radical (unpaired) electrons. The Kier molecular flexibility index (Phi) is 5.17. The highest BCUT2D eigenvalue weighted by Crippen LogP contribution is 2.72. The van der Waals surface area contributed by atoms with Crippen LogP contribution in [-0.2, 0) is 10.8 Å². The first kappa shape index (κ1) is 21.8. The zero-order chi connectivity index (χ0) is 23.3. The molecule has 4 saturated carbocycles. The Bertz CT molecular complexity index is 1090. The molecule has 2 aromatic carbocycles. The maximum Gasteiger partial charge on any atom is 0.292 e. The monoisotopic (exact) mass is 440 g/mol. The highest BCUT2D eigenvalue weighted by Gasteiger charge is 2.64. The highest BCUT2D eigenvalue weighted by atomic mass is 16.5. The molecule has 0 spiro atoms. The van der Waals surface area contributed by atoms with Crippen LogP contribution in [0.1, 0.15) is 80.5 Å². The van der Waals surface area contributed by atoms with Crippen LogP contribution in [0.3, 0.4) is 0 Å². The number of hydrogen-bond donors (Lipinski definition) is 0. The lowest BCUT2D eigenvalue weighted by Gasteiger charge is -2.67. The molecule has 0 aliphatic heterocycles. The summed E-state index contributed by atoms with van der Waals surface area (Å²) in [5.74, 6) is 2.07. The Morgan fingerprint density at radius 2 is 1.33 bits per heavy atom. The van der Waals surface area contributed by atoms with Crippen LogP contribution in [0.5, 0.6) is 11.5 Å². The van der Waals surface area contributed by atoms with Crippen LogP contribution in [0.2, 0.25) is 0 Å². The van der Waals surface area contributed by atoms with E-state index >= 15 is 0 Å². The summed E-state index contributed by atoms with van der Waals surface area (Å²) in [5, 5.41) is 18.8. The molecule has 0 saturated heterocycles. The average Bonchev–Trinajstić information content (AvgIpc) is 2.73. The van der Waals surface area contributed by atoms with Crippen LogP contribution in [0.4, 0.5) is 0 Å². The van der Waals surface area contributed by atoms with Crippen molar-refractivity contribution in [1.82, 2.24) is 0 Å². The van der Waals surface area contributed by atoms with Crippen molar-refractivity contribution in [3.63, 3.8) is 0 Å². The van der Waals surface area contributed by atoms with Crippen LogP contribution < -0.4 is 9.47 Å². The topological polar surface area (TPSA) is 66.0 Å².